The Balaban J connectivity index is 1.64. The Labute approximate surface area is 107 Å². The van der Waals surface area contributed by atoms with Gasteiger partial charge >= 0.3 is 0 Å². The second-order valence-corrected chi connectivity index (χ2v) is 6.74. The third-order valence-electron chi connectivity index (χ3n) is 4.21. The maximum Gasteiger partial charge on any atom is 0.149 e. The highest BCUT2D eigenvalue weighted by Gasteiger charge is 2.44. The van der Waals surface area contributed by atoms with Crippen LogP contribution in [0.4, 0.5) is 0 Å². The van der Waals surface area contributed by atoms with Crippen LogP contribution in [-0.2, 0) is 14.3 Å². The van der Waals surface area contributed by atoms with Crippen LogP contribution in [0.3, 0.4) is 0 Å². The molecule has 1 spiro atoms. The molecule has 0 saturated carbocycles. The molecule has 0 aromatic heterocycles. The Hall–Kier alpha value is -0.0600. The van der Waals surface area contributed by atoms with Crippen LogP contribution in [0.5, 0.6) is 0 Å². The predicted molar refractivity (Wildman–Crippen MR) is 67.3 cm³/mol. The van der Waals surface area contributed by atoms with Gasteiger partial charge in [-0.1, -0.05) is 0 Å². The molecule has 0 aromatic carbocycles. The number of hydrogen-bond donors (Lipinski definition) is 0. The van der Waals surface area contributed by atoms with Crippen LogP contribution in [0.15, 0.2) is 0 Å². The summed E-state index contributed by atoms with van der Waals surface area (Å²) in [4.78, 5) is 12.4. The van der Waals surface area contributed by atoms with E-state index < -0.39 is 0 Å². The maximum atomic E-state index is 12.4. The summed E-state index contributed by atoms with van der Waals surface area (Å²) in [7, 11) is 0. The minimum Gasteiger partial charge on any atom is -0.378 e. The van der Waals surface area contributed by atoms with Gasteiger partial charge in [0.1, 0.15) is 5.78 Å². The zero-order valence-corrected chi connectivity index (χ0v) is 11.0. The predicted octanol–water partition coefficient (Wildman–Crippen LogP) is 2.04. The van der Waals surface area contributed by atoms with E-state index in [4.69, 9.17) is 9.47 Å². The zero-order valence-electron chi connectivity index (χ0n) is 10.2. The van der Waals surface area contributed by atoms with Crippen molar-refractivity contribution in [2.75, 3.05) is 25.6 Å². The van der Waals surface area contributed by atoms with Crippen molar-refractivity contribution in [3.8, 4) is 0 Å². The molecule has 0 N–H and O–H groups in total. The van der Waals surface area contributed by atoms with Crippen LogP contribution in [0.2, 0.25) is 0 Å². The zero-order chi connectivity index (χ0) is 11.7. The number of ether oxygens (including phenoxy) is 2. The van der Waals surface area contributed by atoms with Crippen LogP contribution < -0.4 is 0 Å². The molecule has 0 amide bonds. The second kappa shape index (κ2) is 4.90. The van der Waals surface area contributed by atoms with Gasteiger partial charge in [0.2, 0.25) is 0 Å². The second-order valence-electron chi connectivity index (χ2n) is 5.43. The lowest BCUT2D eigenvalue weighted by molar-refractivity contribution is -0.136. The van der Waals surface area contributed by atoms with E-state index in [0.29, 0.717) is 12.4 Å². The van der Waals surface area contributed by atoms with E-state index in [1.165, 1.54) is 6.42 Å². The number of rotatable bonds is 2. The Morgan fingerprint density at radius 3 is 2.94 bits per heavy atom. The van der Waals surface area contributed by atoms with Crippen molar-refractivity contribution in [1.29, 1.82) is 0 Å². The monoisotopic (exact) mass is 256 g/mol. The summed E-state index contributed by atoms with van der Waals surface area (Å²) in [5, 5.41) is 0.275. The van der Waals surface area contributed by atoms with Gasteiger partial charge in [-0.15, -0.1) is 0 Å². The molecule has 0 aliphatic carbocycles. The van der Waals surface area contributed by atoms with Crippen molar-refractivity contribution < 1.29 is 14.3 Å². The molecule has 3 aliphatic rings. The van der Waals surface area contributed by atoms with Crippen LogP contribution in [-0.4, -0.2) is 42.2 Å². The van der Waals surface area contributed by atoms with Crippen molar-refractivity contribution >= 4 is 17.5 Å². The lowest BCUT2D eigenvalue weighted by Gasteiger charge is -2.37. The van der Waals surface area contributed by atoms with E-state index in [-0.39, 0.29) is 16.8 Å². The Kier molecular flexibility index (Phi) is 3.46. The minimum atomic E-state index is -0.123. The molecule has 96 valence electrons. The van der Waals surface area contributed by atoms with Gasteiger partial charge in [-0.2, -0.15) is 11.8 Å². The summed E-state index contributed by atoms with van der Waals surface area (Å²) in [6.45, 7) is 2.21. The summed E-state index contributed by atoms with van der Waals surface area (Å²) in [5.41, 5.74) is -0.123. The third kappa shape index (κ3) is 2.40. The highest BCUT2D eigenvalue weighted by molar-refractivity contribution is 8.00. The van der Waals surface area contributed by atoms with E-state index in [1.807, 2.05) is 11.8 Å². The Bertz CT molecular complexity index is 293. The summed E-state index contributed by atoms with van der Waals surface area (Å²) in [5.74, 6) is 1.87. The smallest absolute Gasteiger partial charge is 0.149 e. The van der Waals surface area contributed by atoms with Gasteiger partial charge in [0.05, 0.1) is 17.5 Å². The number of hydrogen-bond acceptors (Lipinski definition) is 4. The Morgan fingerprint density at radius 1 is 1.29 bits per heavy atom. The van der Waals surface area contributed by atoms with Crippen molar-refractivity contribution in [2.45, 2.75) is 43.0 Å². The minimum absolute atomic E-state index is 0.123. The van der Waals surface area contributed by atoms with Gasteiger partial charge in [0, 0.05) is 25.6 Å². The van der Waals surface area contributed by atoms with E-state index in [1.54, 1.807) is 0 Å². The molecular weight excluding hydrogens is 236 g/mol. The molecule has 0 bridgehead atoms. The number of carbonyl (C=O) groups is 1. The fourth-order valence-corrected chi connectivity index (χ4v) is 4.51. The van der Waals surface area contributed by atoms with Crippen LogP contribution in [0.25, 0.3) is 0 Å². The molecule has 3 aliphatic heterocycles. The summed E-state index contributed by atoms with van der Waals surface area (Å²) in [6.07, 6.45) is 5.07. The average Bonchev–Trinajstić information content (AvgIpc) is 3.00. The molecule has 3 atom stereocenters. The van der Waals surface area contributed by atoms with Crippen molar-refractivity contribution in [2.24, 2.45) is 5.92 Å². The number of carbonyl (C=O) groups excluding carboxylic acids is 1. The first kappa shape index (κ1) is 12.0. The topological polar surface area (TPSA) is 35.5 Å². The molecule has 17 heavy (non-hydrogen) atoms. The van der Waals surface area contributed by atoms with Gasteiger partial charge in [0.15, 0.2) is 0 Å². The number of Topliss-reactive ketones (excluding diaryl/α,β-unsaturated/α-hetero) is 1. The first-order valence-electron chi connectivity index (χ1n) is 6.66. The van der Waals surface area contributed by atoms with Crippen molar-refractivity contribution in [3.05, 3.63) is 0 Å². The first-order valence-corrected chi connectivity index (χ1v) is 7.71. The highest BCUT2D eigenvalue weighted by atomic mass is 32.2. The van der Waals surface area contributed by atoms with Crippen LogP contribution >= 0.6 is 11.8 Å². The van der Waals surface area contributed by atoms with Gasteiger partial charge in [-0.25, -0.2) is 0 Å². The fourth-order valence-electron chi connectivity index (χ4n) is 3.20. The normalized spacial score (nSPS) is 42.1. The van der Waals surface area contributed by atoms with E-state index in [0.717, 1.165) is 44.6 Å². The molecule has 4 heteroatoms. The average molecular weight is 256 g/mol. The molecule has 0 aromatic rings. The molecular formula is C13H20O3S. The first-order chi connectivity index (χ1) is 8.29. The quantitative estimate of drug-likeness (QED) is 0.757. The largest absolute Gasteiger partial charge is 0.378 e. The molecule has 3 saturated heterocycles. The lowest BCUT2D eigenvalue weighted by Crippen LogP contribution is -2.43. The lowest BCUT2D eigenvalue weighted by atomic mass is 9.81. The maximum absolute atomic E-state index is 12.4. The fraction of sp³-hybridized carbons (Fsp3) is 0.923. The van der Waals surface area contributed by atoms with Gasteiger partial charge in [-0.3, -0.25) is 4.79 Å². The van der Waals surface area contributed by atoms with E-state index >= 15 is 0 Å². The molecule has 3 unspecified atom stereocenters. The molecule has 0 radical (unpaired) electrons. The summed E-state index contributed by atoms with van der Waals surface area (Å²) >= 11 is 1.85. The summed E-state index contributed by atoms with van der Waals surface area (Å²) < 4.78 is 11.3. The van der Waals surface area contributed by atoms with Crippen molar-refractivity contribution in [3.63, 3.8) is 0 Å². The Morgan fingerprint density at radius 2 is 2.24 bits per heavy atom. The van der Waals surface area contributed by atoms with Gasteiger partial charge in [-0.05, 0) is 31.4 Å². The molecule has 3 heterocycles. The number of thioether (sulfide) groups is 1. The standard InChI is InChI=1S/C13H20O3S/c14-12(11-2-1-7-17-11)10-3-5-16-13(8-10)4-6-15-9-13/h10-11H,1-9H2. The molecule has 3 fully saturated rings. The van der Waals surface area contributed by atoms with Gasteiger partial charge < -0.3 is 9.47 Å². The summed E-state index contributed by atoms with van der Waals surface area (Å²) in [6, 6.07) is 0. The number of ketones is 1. The van der Waals surface area contributed by atoms with E-state index in [2.05, 4.69) is 0 Å². The third-order valence-corrected chi connectivity index (χ3v) is 5.60. The van der Waals surface area contributed by atoms with Crippen molar-refractivity contribution in [1.82, 2.24) is 0 Å². The molecule has 3 rings (SSSR count). The van der Waals surface area contributed by atoms with E-state index in [9.17, 15) is 4.79 Å². The van der Waals surface area contributed by atoms with Crippen LogP contribution in [0.1, 0.15) is 32.1 Å². The highest BCUT2D eigenvalue weighted by Crippen LogP contribution is 2.39. The SMILES string of the molecule is O=C(C1CCOC2(CCOC2)C1)C1CCCS1. The van der Waals surface area contributed by atoms with Crippen LogP contribution in [0, 0.1) is 5.92 Å². The van der Waals surface area contributed by atoms with Gasteiger partial charge in [0.25, 0.3) is 0 Å². The molecule has 3 nitrogen and oxygen atoms in total.